The Morgan fingerprint density at radius 1 is 1.34 bits per heavy atom. The molecule has 3 heterocycles. The zero-order valence-electron chi connectivity index (χ0n) is 15.2. The van der Waals surface area contributed by atoms with Crippen LogP contribution >= 0.6 is 23.7 Å². The van der Waals surface area contributed by atoms with E-state index in [1.54, 1.807) is 0 Å². The van der Waals surface area contributed by atoms with E-state index in [0.29, 0.717) is 18.3 Å². The molecule has 1 aromatic carbocycles. The molecule has 0 saturated carbocycles. The molecule has 1 unspecified atom stereocenters. The Morgan fingerprint density at radius 2 is 2.17 bits per heavy atom. The van der Waals surface area contributed by atoms with Gasteiger partial charge in [0.1, 0.15) is 6.33 Å². The number of anilines is 1. The van der Waals surface area contributed by atoms with E-state index in [1.807, 2.05) is 30.3 Å². The second-order valence-electron chi connectivity index (χ2n) is 6.56. The summed E-state index contributed by atoms with van der Waals surface area (Å²) in [5.41, 5.74) is 8.46. The maximum atomic E-state index is 13.1. The van der Waals surface area contributed by atoms with Gasteiger partial charge < -0.3 is 11.1 Å². The summed E-state index contributed by atoms with van der Waals surface area (Å²) in [4.78, 5) is 25.5. The maximum absolute atomic E-state index is 13.1. The average molecular weight is 436 g/mol. The van der Waals surface area contributed by atoms with Gasteiger partial charge in [-0.15, -0.1) is 23.7 Å². The summed E-state index contributed by atoms with van der Waals surface area (Å²) in [5.74, 6) is -0.00857. The van der Waals surface area contributed by atoms with Crippen molar-refractivity contribution >= 4 is 35.3 Å². The van der Waals surface area contributed by atoms with Gasteiger partial charge in [0.05, 0.1) is 18.8 Å². The Kier molecular flexibility index (Phi) is 6.31. The fraction of sp³-hybridized carbons (Fsp3) is 0.211. The van der Waals surface area contributed by atoms with E-state index in [1.165, 1.54) is 22.2 Å². The number of carbonyl (C=O) groups is 1. The molecule has 0 fully saturated rings. The van der Waals surface area contributed by atoms with Crippen molar-refractivity contribution < 1.29 is 9.18 Å². The molecule has 1 aliphatic heterocycles. The van der Waals surface area contributed by atoms with Crippen LogP contribution in [0.25, 0.3) is 10.4 Å². The van der Waals surface area contributed by atoms with E-state index in [9.17, 15) is 14.0 Å². The van der Waals surface area contributed by atoms with Crippen molar-refractivity contribution in [3.8, 4) is 10.4 Å². The summed E-state index contributed by atoms with van der Waals surface area (Å²) >= 11 is 1.51. The Labute approximate surface area is 175 Å². The van der Waals surface area contributed by atoms with Crippen LogP contribution in [-0.2, 0) is 11.2 Å². The number of aromatic amines is 1. The number of benzene rings is 1. The number of rotatable bonds is 6. The second kappa shape index (κ2) is 8.73. The minimum atomic E-state index is -0.409. The molecule has 1 aliphatic rings. The van der Waals surface area contributed by atoms with Gasteiger partial charge in [0.25, 0.3) is 0 Å². The van der Waals surface area contributed by atoms with E-state index < -0.39 is 6.04 Å². The van der Waals surface area contributed by atoms with Crippen LogP contribution in [0, 0.1) is 0 Å². The Morgan fingerprint density at radius 3 is 2.86 bits per heavy atom. The molecule has 2 aromatic heterocycles. The third-order valence-electron chi connectivity index (χ3n) is 4.75. The van der Waals surface area contributed by atoms with Gasteiger partial charge in [0.2, 0.25) is 5.91 Å². The van der Waals surface area contributed by atoms with Crippen LogP contribution in [0.5, 0.6) is 0 Å². The largest absolute Gasteiger partial charge is 0.343 e. The molecule has 0 bridgehead atoms. The van der Waals surface area contributed by atoms with Crippen molar-refractivity contribution in [3.63, 3.8) is 0 Å². The molecule has 4 N–H and O–H groups in total. The number of halogens is 2. The van der Waals surface area contributed by atoms with Gasteiger partial charge in [-0.05, 0) is 47.4 Å². The molecule has 4 rings (SSSR count). The molecule has 1 atom stereocenters. The summed E-state index contributed by atoms with van der Waals surface area (Å²) in [5, 5.41) is 8.98. The number of H-pyrrole nitrogens is 1. The SMILES string of the molecule is Cl.NC/C(=C/F)CC(c1ccc(-c2ccc3c(c2)CC(=O)N3)s1)n1cn[nH]c1=O. The molecule has 0 aliphatic carbocycles. The Balaban J connectivity index is 0.00000240. The first-order valence-corrected chi connectivity index (χ1v) is 9.53. The third kappa shape index (κ3) is 4.16. The number of carbonyl (C=O) groups excluding carboxylic acids is 1. The molecule has 0 radical (unpaired) electrons. The van der Waals surface area contributed by atoms with E-state index in [0.717, 1.165) is 26.6 Å². The number of thiophene rings is 1. The van der Waals surface area contributed by atoms with Crippen LogP contribution < -0.4 is 16.7 Å². The lowest BCUT2D eigenvalue weighted by Gasteiger charge is -2.16. The van der Waals surface area contributed by atoms with E-state index in [2.05, 4.69) is 15.5 Å². The predicted molar refractivity (Wildman–Crippen MR) is 113 cm³/mol. The summed E-state index contributed by atoms with van der Waals surface area (Å²) < 4.78 is 14.6. The van der Waals surface area contributed by atoms with Crippen molar-refractivity contribution in [1.29, 1.82) is 0 Å². The third-order valence-corrected chi connectivity index (χ3v) is 5.99. The second-order valence-corrected chi connectivity index (χ2v) is 7.67. The Bertz CT molecular complexity index is 1120. The summed E-state index contributed by atoms with van der Waals surface area (Å²) in [6, 6.07) is 9.32. The van der Waals surface area contributed by atoms with Crippen LogP contribution in [0.2, 0.25) is 0 Å². The van der Waals surface area contributed by atoms with Crippen molar-refractivity contribution in [2.75, 3.05) is 11.9 Å². The summed E-state index contributed by atoms with van der Waals surface area (Å²) in [7, 11) is 0. The topological polar surface area (TPSA) is 106 Å². The maximum Gasteiger partial charge on any atom is 0.343 e. The quantitative estimate of drug-likeness (QED) is 0.553. The van der Waals surface area contributed by atoms with Gasteiger partial charge in [-0.3, -0.25) is 9.36 Å². The molecule has 10 heteroatoms. The van der Waals surface area contributed by atoms with Crippen molar-refractivity contribution in [2.45, 2.75) is 18.9 Å². The molecular weight excluding hydrogens is 417 g/mol. The van der Waals surface area contributed by atoms with Gasteiger partial charge >= 0.3 is 5.69 Å². The highest BCUT2D eigenvalue weighted by atomic mass is 35.5. The van der Waals surface area contributed by atoms with Crippen LogP contribution in [0.15, 0.2) is 53.4 Å². The number of hydrogen-bond acceptors (Lipinski definition) is 5. The van der Waals surface area contributed by atoms with E-state index in [4.69, 9.17) is 5.73 Å². The van der Waals surface area contributed by atoms with Crippen LogP contribution in [0.1, 0.15) is 22.9 Å². The Hall–Kier alpha value is -2.75. The van der Waals surface area contributed by atoms with E-state index >= 15 is 0 Å². The lowest BCUT2D eigenvalue weighted by atomic mass is 10.1. The first-order valence-electron chi connectivity index (χ1n) is 8.71. The number of nitrogens with one attached hydrogen (secondary N) is 2. The highest BCUT2D eigenvalue weighted by Crippen LogP contribution is 2.37. The van der Waals surface area contributed by atoms with Gasteiger partial charge in [-0.2, -0.15) is 5.10 Å². The zero-order chi connectivity index (χ0) is 19.7. The van der Waals surface area contributed by atoms with Crippen LogP contribution in [0.4, 0.5) is 10.1 Å². The standard InChI is InChI=1S/C19H18FN5O2S.ClH/c20-8-11(9-21)5-15(25-10-22-24-19(25)27)17-4-3-16(28-17)12-1-2-14-13(6-12)7-18(26)23-14;/h1-4,6,8,10,15H,5,7,9,21H2,(H,23,26)(H,24,27);1H/b11-8+;. The van der Waals surface area contributed by atoms with Crippen molar-refractivity contribution in [2.24, 2.45) is 5.73 Å². The monoisotopic (exact) mass is 435 g/mol. The molecule has 152 valence electrons. The number of fused-ring (bicyclic) bond motifs is 1. The number of amides is 1. The number of nitrogens with two attached hydrogens (primary N) is 1. The van der Waals surface area contributed by atoms with Gasteiger partial charge in [-0.25, -0.2) is 14.3 Å². The number of nitrogens with zero attached hydrogens (tertiary/aromatic N) is 2. The molecule has 7 nitrogen and oxygen atoms in total. The first kappa shape index (κ1) is 21.0. The minimum absolute atomic E-state index is 0. The van der Waals surface area contributed by atoms with E-state index in [-0.39, 0.29) is 37.0 Å². The van der Waals surface area contributed by atoms with Crippen molar-refractivity contribution in [1.82, 2.24) is 14.8 Å². The molecule has 0 spiro atoms. The zero-order valence-corrected chi connectivity index (χ0v) is 16.9. The molecule has 3 aromatic rings. The van der Waals surface area contributed by atoms with Gasteiger partial charge in [0, 0.05) is 22.0 Å². The summed E-state index contributed by atoms with van der Waals surface area (Å²) in [6.07, 6.45) is 2.55. The molecule has 0 saturated heterocycles. The number of aromatic nitrogens is 3. The van der Waals surface area contributed by atoms with Gasteiger partial charge in [-0.1, -0.05) is 6.07 Å². The summed E-state index contributed by atoms with van der Waals surface area (Å²) in [6.45, 7) is 0.0731. The lowest BCUT2D eigenvalue weighted by Crippen LogP contribution is -2.23. The smallest absolute Gasteiger partial charge is 0.327 e. The fourth-order valence-electron chi connectivity index (χ4n) is 3.30. The van der Waals surface area contributed by atoms with Crippen molar-refractivity contribution in [3.05, 3.63) is 69.5 Å². The highest BCUT2D eigenvalue weighted by Gasteiger charge is 2.22. The molecule has 29 heavy (non-hydrogen) atoms. The highest BCUT2D eigenvalue weighted by molar-refractivity contribution is 7.15. The number of hydrogen-bond donors (Lipinski definition) is 3. The molecular formula is C19H19ClFN5O2S. The van der Waals surface area contributed by atoms with Crippen LogP contribution in [0.3, 0.4) is 0 Å². The van der Waals surface area contributed by atoms with Crippen LogP contribution in [-0.4, -0.2) is 27.2 Å². The molecule has 1 amide bonds. The normalized spacial score (nSPS) is 14.3. The first-order chi connectivity index (χ1) is 13.6. The fourth-order valence-corrected chi connectivity index (χ4v) is 4.41. The predicted octanol–water partition coefficient (Wildman–Crippen LogP) is 3.01. The lowest BCUT2D eigenvalue weighted by molar-refractivity contribution is -0.115. The minimum Gasteiger partial charge on any atom is -0.327 e. The van der Waals surface area contributed by atoms with Gasteiger partial charge in [0.15, 0.2) is 0 Å². The average Bonchev–Trinajstić information content (AvgIpc) is 3.41.